The van der Waals surface area contributed by atoms with Gasteiger partial charge in [-0.1, -0.05) is 19.8 Å². The van der Waals surface area contributed by atoms with Gasteiger partial charge in [0, 0.05) is 25.0 Å². The number of carbonyl (C=O) groups is 1. The molecule has 0 amide bonds. The molecule has 0 aliphatic carbocycles. The number of hydrogen-bond acceptors (Lipinski definition) is 5. The highest BCUT2D eigenvalue weighted by Crippen LogP contribution is 2.19. The molecule has 1 heterocycles. The minimum atomic E-state index is 0.250. The predicted octanol–water partition coefficient (Wildman–Crippen LogP) is 2.81. The first-order valence-electron chi connectivity index (χ1n) is 8.27. The normalized spacial score (nSPS) is 8.64. The van der Waals surface area contributed by atoms with Crippen molar-refractivity contribution < 1.29 is 19.1 Å². The van der Waals surface area contributed by atoms with Crippen LogP contribution >= 0.6 is 12.2 Å². The second kappa shape index (κ2) is 18.2. The Labute approximate surface area is 155 Å². The van der Waals surface area contributed by atoms with E-state index in [4.69, 9.17) is 21.8 Å². The van der Waals surface area contributed by atoms with Crippen molar-refractivity contribution in [3.05, 3.63) is 18.0 Å². The molecule has 1 rings (SSSR count). The van der Waals surface area contributed by atoms with Crippen molar-refractivity contribution in [2.24, 2.45) is 0 Å². The van der Waals surface area contributed by atoms with Gasteiger partial charge in [-0.15, -0.1) is 0 Å². The molecular formula is C17H29N3O4S. The lowest BCUT2D eigenvalue weighted by molar-refractivity contribution is -0.191. The topological polar surface area (TPSA) is 91.5 Å². The van der Waals surface area contributed by atoms with Crippen LogP contribution in [0.25, 0.3) is 0 Å². The summed E-state index contributed by atoms with van der Waals surface area (Å²) < 4.78 is 4.15. The molecule has 0 radical (unpaired) electrons. The molecule has 0 saturated heterocycles. The smallest absolute Gasteiger partial charge is 0.373 e. The molecule has 1 aromatic rings. The number of H-pyrrole nitrogens is 1. The van der Waals surface area contributed by atoms with Crippen LogP contribution < -0.4 is 10.2 Å². The Kier molecular flexibility index (Phi) is 18.2. The summed E-state index contributed by atoms with van der Waals surface area (Å²) in [7, 11) is 0. The number of aryl methyl sites for hydroxylation is 1. The molecule has 0 aliphatic rings. The Morgan fingerprint density at radius 1 is 1.36 bits per heavy atom. The summed E-state index contributed by atoms with van der Waals surface area (Å²) in [5.74, 6) is 0. The van der Waals surface area contributed by atoms with Crippen LogP contribution in [0.15, 0.2) is 12.3 Å². The van der Waals surface area contributed by atoms with Gasteiger partial charge in [0.15, 0.2) is 5.11 Å². The number of unbranched alkanes of at least 4 members (excludes halogenated alkanes) is 2. The van der Waals surface area contributed by atoms with Gasteiger partial charge in [0.2, 0.25) is 0 Å². The molecule has 0 spiro atoms. The number of ether oxygens (including phenoxy) is 1. The minimum absolute atomic E-state index is 0.250. The summed E-state index contributed by atoms with van der Waals surface area (Å²) in [6.07, 6.45) is 5.86. The highest BCUT2D eigenvalue weighted by molar-refractivity contribution is 7.80. The number of carbonyl (C=O) groups excluding carboxylic acids is 3. The van der Waals surface area contributed by atoms with Crippen LogP contribution in [0.2, 0.25) is 0 Å². The van der Waals surface area contributed by atoms with Gasteiger partial charge < -0.3 is 19.9 Å². The molecule has 1 aromatic heterocycles. The molecule has 0 aromatic carbocycles. The van der Waals surface area contributed by atoms with Crippen molar-refractivity contribution in [3.63, 3.8) is 0 Å². The van der Waals surface area contributed by atoms with E-state index >= 15 is 0 Å². The maximum absolute atomic E-state index is 9.18. The largest absolute Gasteiger partial charge is 0.468 e. The summed E-state index contributed by atoms with van der Waals surface area (Å²) in [6, 6.07) is 2.09. The zero-order chi connectivity index (χ0) is 19.5. The molecular weight excluding hydrogens is 342 g/mol. The van der Waals surface area contributed by atoms with E-state index in [1.54, 1.807) is 6.92 Å². The predicted molar refractivity (Wildman–Crippen MR) is 101 cm³/mol. The van der Waals surface area contributed by atoms with Crippen LogP contribution in [0, 0.1) is 6.92 Å². The standard InChI is InChI=1S/C13H23N3S.C3H6O2.CO2/c1-4-6-7-10-16(13(17)14-5-2)12-8-9-15-11(12)3;1-2-5-3-4;2-1-3/h8-9,15H,4-7,10H2,1-3H3,(H,14,17);3H,2H2,1H3;. The van der Waals surface area contributed by atoms with E-state index < -0.39 is 0 Å². The number of anilines is 1. The second-order valence-corrected chi connectivity index (χ2v) is 5.20. The Morgan fingerprint density at radius 2 is 2.00 bits per heavy atom. The van der Waals surface area contributed by atoms with E-state index in [2.05, 4.69) is 46.8 Å². The van der Waals surface area contributed by atoms with Gasteiger partial charge in [-0.25, -0.2) is 0 Å². The van der Waals surface area contributed by atoms with Crippen molar-refractivity contribution in [1.82, 2.24) is 10.3 Å². The molecule has 7 nitrogen and oxygen atoms in total. The molecule has 2 N–H and O–H groups in total. The van der Waals surface area contributed by atoms with E-state index in [0.717, 1.165) is 18.2 Å². The molecule has 8 heteroatoms. The summed E-state index contributed by atoms with van der Waals surface area (Å²) in [6.45, 7) is 10.9. The summed E-state index contributed by atoms with van der Waals surface area (Å²) in [5, 5.41) is 4.06. The second-order valence-electron chi connectivity index (χ2n) is 4.82. The molecule has 25 heavy (non-hydrogen) atoms. The first-order valence-corrected chi connectivity index (χ1v) is 8.68. The third kappa shape index (κ3) is 12.9. The van der Waals surface area contributed by atoms with Gasteiger partial charge in [-0.05, 0) is 45.5 Å². The lowest BCUT2D eigenvalue weighted by Gasteiger charge is -2.25. The Bertz CT molecular complexity index is 500. The molecule has 0 atom stereocenters. The van der Waals surface area contributed by atoms with E-state index in [-0.39, 0.29) is 6.15 Å². The van der Waals surface area contributed by atoms with Gasteiger partial charge in [-0.2, -0.15) is 9.59 Å². The van der Waals surface area contributed by atoms with Crippen molar-refractivity contribution >= 4 is 35.6 Å². The van der Waals surface area contributed by atoms with Gasteiger partial charge >= 0.3 is 6.15 Å². The number of thiocarbonyl (C=S) groups is 1. The zero-order valence-corrected chi connectivity index (χ0v) is 16.3. The van der Waals surface area contributed by atoms with Gasteiger partial charge in [0.05, 0.1) is 12.3 Å². The van der Waals surface area contributed by atoms with Crippen molar-refractivity contribution in [2.45, 2.75) is 47.0 Å². The maximum Gasteiger partial charge on any atom is 0.373 e. The highest BCUT2D eigenvalue weighted by Gasteiger charge is 2.13. The van der Waals surface area contributed by atoms with E-state index in [0.29, 0.717) is 13.1 Å². The van der Waals surface area contributed by atoms with Gasteiger partial charge in [-0.3, -0.25) is 4.79 Å². The summed E-state index contributed by atoms with van der Waals surface area (Å²) >= 11 is 5.43. The molecule has 0 saturated carbocycles. The third-order valence-corrected chi connectivity index (χ3v) is 3.37. The van der Waals surface area contributed by atoms with Crippen LogP contribution in [0.1, 0.15) is 45.7 Å². The number of aromatic nitrogens is 1. The van der Waals surface area contributed by atoms with E-state index in [9.17, 15) is 4.79 Å². The van der Waals surface area contributed by atoms with Gasteiger partial charge in [0.1, 0.15) is 0 Å². The van der Waals surface area contributed by atoms with Gasteiger partial charge in [0.25, 0.3) is 6.47 Å². The number of aromatic amines is 1. The first kappa shape index (κ1) is 25.1. The first-order chi connectivity index (χ1) is 12.0. The summed E-state index contributed by atoms with van der Waals surface area (Å²) in [4.78, 5) is 30.8. The quantitative estimate of drug-likeness (QED) is 0.412. The fraction of sp³-hybridized carbons (Fsp3) is 0.588. The van der Waals surface area contributed by atoms with E-state index in [1.807, 2.05) is 6.20 Å². The minimum Gasteiger partial charge on any atom is -0.468 e. The Balaban J connectivity index is 0. The fourth-order valence-corrected chi connectivity index (χ4v) is 2.24. The number of rotatable bonds is 8. The lowest BCUT2D eigenvalue weighted by Crippen LogP contribution is -2.40. The van der Waals surface area contributed by atoms with Crippen LogP contribution in [-0.4, -0.2) is 42.4 Å². The van der Waals surface area contributed by atoms with E-state index in [1.165, 1.54) is 30.6 Å². The van der Waals surface area contributed by atoms with Crippen LogP contribution in [0.3, 0.4) is 0 Å². The highest BCUT2D eigenvalue weighted by atomic mass is 32.1. The zero-order valence-electron chi connectivity index (χ0n) is 15.5. The van der Waals surface area contributed by atoms with Crippen LogP contribution in [0.5, 0.6) is 0 Å². The Morgan fingerprint density at radius 3 is 2.36 bits per heavy atom. The lowest BCUT2D eigenvalue weighted by atomic mass is 10.2. The maximum atomic E-state index is 9.18. The third-order valence-electron chi connectivity index (χ3n) is 3.01. The van der Waals surface area contributed by atoms with Crippen LogP contribution in [0.4, 0.5) is 5.69 Å². The fourth-order valence-electron chi connectivity index (χ4n) is 1.90. The monoisotopic (exact) mass is 371 g/mol. The molecule has 0 aliphatic heterocycles. The average molecular weight is 372 g/mol. The summed E-state index contributed by atoms with van der Waals surface area (Å²) in [5.41, 5.74) is 2.36. The number of hydrogen-bond donors (Lipinski definition) is 2. The SMILES string of the molecule is CCCCCN(C(=S)NCC)c1cc[nH]c1C.CCOC=O.O=C=O. The van der Waals surface area contributed by atoms with Crippen molar-refractivity contribution in [3.8, 4) is 0 Å². The molecule has 0 unspecified atom stereocenters. The molecule has 0 bridgehead atoms. The number of nitrogens with zero attached hydrogens (tertiary/aromatic N) is 1. The van der Waals surface area contributed by atoms with Crippen LogP contribution in [-0.2, 0) is 19.1 Å². The average Bonchev–Trinajstić information content (AvgIpc) is 3.00. The molecule has 142 valence electrons. The van der Waals surface area contributed by atoms with Crippen molar-refractivity contribution in [2.75, 3.05) is 24.6 Å². The van der Waals surface area contributed by atoms with Crippen molar-refractivity contribution in [1.29, 1.82) is 0 Å². The molecule has 0 fully saturated rings. The number of nitrogens with one attached hydrogen (secondary N) is 2. The Hall–Kier alpha value is -2.18.